The fourth-order valence-electron chi connectivity index (χ4n) is 1.11. The number of anilines is 1. The standard InChI is InChI=1S/C8H5F4NO2/c9-3-1-4(7(14)15)6(5(13)2-3)8(10,11)12/h1-2H,13H2,(H,14,15). The Labute approximate surface area is 81.1 Å². The molecule has 0 saturated heterocycles. The number of alkyl halides is 3. The molecule has 0 heterocycles. The Hall–Kier alpha value is -1.79. The number of hydrogen-bond donors (Lipinski definition) is 2. The number of hydrogen-bond acceptors (Lipinski definition) is 2. The average molecular weight is 223 g/mol. The van der Waals surface area contributed by atoms with Gasteiger partial charge in [0.2, 0.25) is 0 Å². The largest absolute Gasteiger partial charge is 0.478 e. The van der Waals surface area contributed by atoms with E-state index < -0.39 is 34.8 Å². The number of carbonyl (C=O) groups is 1. The average Bonchev–Trinajstić information content (AvgIpc) is 1.99. The van der Waals surface area contributed by atoms with E-state index in [1.807, 2.05) is 0 Å². The van der Waals surface area contributed by atoms with Gasteiger partial charge in [-0.05, 0) is 12.1 Å². The minimum Gasteiger partial charge on any atom is -0.478 e. The molecule has 0 bridgehead atoms. The summed E-state index contributed by atoms with van der Waals surface area (Å²) in [4.78, 5) is 10.5. The molecule has 0 fully saturated rings. The Kier molecular flexibility index (Phi) is 2.57. The summed E-state index contributed by atoms with van der Waals surface area (Å²) in [6.07, 6.45) is -4.93. The van der Waals surface area contributed by atoms with Crippen LogP contribution in [0.1, 0.15) is 15.9 Å². The van der Waals surface area contributed by atoms with E-state index in [1.54, 1.807) is 0 Å². The molecule has 7 heteroatoms. The highest BCUT2D eigenvalue weighted by molar-refractivity contribution is 5.91. The predicted molar refractivity (Wildman–Crippen MR) is 42.8 cm³/mol. The molecule has 0 saturated carbocycles. The summed E-state index contributed by atoms with van der Waals surface area (Å²) >= 11 is 0. The molecule has 0 unspecified atom stereocenters. The van der Waals surface area contributed by atoms with Crippen LogP contribution in [-0.4, -0.2) is 11.1 Å². The Balaban J connectivity index is 3.55. The molecule has 1 aromatic rings. The maximum atomic E-state index is 12.6. The number of carboxylic acid groups (broad SMARTS) is 1. The molecule has 3 N–H and O–H groups in total. The van der Waals surface area contributed by atoms with E-state index in [0.717, 1.165) is 0 Å². The number of nitrogen functional groups attached to an aromatic ring is 1. The lowest BCUT2D eigenvalue weighted by atomic mass is 10.0. The maximum absolute atomic E-state index is 12.6. The predicted octanol–water partition coefficient (Wildman–Crippen LogP) is 2.12. The van der Waals surface area contributed by atoms with Crippen LogP contribution in [0.15, 0.2) is 12.1 Å². The topological polar surface area (TPSA) is 63.3 Å². The smallest absolute Gasteiger partial charge is 0.419 e. The lowest BCUT2D eigenvalue weighted by Crippen LogP contribution is -2.16. The second-order valence-electron chi connectivity index (χ2n) is 2.72. The molecule has 1 rings (SSSR count). The van der Waals surface area contributed by atoms with Crippen LogP contribution in [0.25, 0.3) is 0 Å². The molecule has 0 aliphatic rings. The molecule has 0 radical (unpaired) electrons. The second-order valence-corrected chi connectivity index (χ2v) is 2.72. The van der Waals surface area contributed by atoms with E-state index >= 15 is 0 Å². The molecule has 0 aliphatic heterocycles. The highest BCUT2D eigenvalue weighted by Crippen LogP contribution is 2.36. The Morgan fingerprint density at radius 3 is 2.27 bits per heavy atom. The number of benzene rings is 1. The molecule has 0 spiro atoms. The first kappa shape index (κ1) is 11.3. The fourth-order valence-corrected chi connectivity index (χ4v) is 1.11. The van der Waals surface area contributed by atoms with E-state index in [4.69, 9.17) is 10.8 Å². The molecule has 0 atom stereocenters. The second kappa shape index (κ2) is 3.41. The van der Waals surface area contributed by atoms with Gasteiger partial charge in [-0.1, -0.05) is 0 Å². The third-order valence-corrected chi connectivity index (χ3v) is 1.65. The normalized spacial score (nSPS) is 11.5. The molecular formula is C8H5F4NO2. The van der Waals surface area contributed by atoms with Crippen molar-refractivity contribution in [1.29, 1.82) is 0 Å². The Bertz CT molecular complexity index is 414. The van der Waals surface area contributed by atoms with Crippen molar-refractivity contribution in [2.24, 2.45) is 0 Å². The first-order valence-electron chi connectivity index (χ1n) is 3.63. The van der Waals surface area contributed by atoms with Crippen molar-refractivity contribution in [2.75, 3.05) is 5.73 Å². The molecule has 3 nitrogen and oxygen atoms in total. The van der Waals surface area contributed by atoms with Crippen LogP contribution < -0.4 is 5.73 Å². The van der Waals surface area contributed by atoms with Crippen molar-refractivity contribution >= 4 is 11.7 Å². The number of rotatable bonds is 1. The van der Waals surface area contributed by atoms with E-state index in [9.17, 15) is 22.4 Å². The van der Waals surface area contributed by atoms with E-state index in [0.29, 0.717) is 6.07 Å². The van der Waals surface area contributed by atoms with Crippen LogP contribution in [0.2, 0.25) is 0 Å². The number of nitrogens with two attached hydrogens (primary N) is 1. The zero-order chi connectivity index (χ0) is 11.8. The summed E-state index contributed by atoms with van der Waals surface area (Å²) in [5.41, 5.74) is 1.25. The number of carboxylic acids is 1. The number of aromatic carboxylic acids is 1. The lowest BCUT2D eigenvalue weighted by Gasteiger charge is -2.12. The first-order valence-corrected chi connectivity index (χ1v) is 3.63. The molecule has 0 amide bonds. The Morgan fingerprint density at radius 2 is 1.87 bits per heavy atom. The molecule has 82 valence electrons. The minimum absolute atomic E-state index is 0.279. The first-order chi connectivity index (χ1) is 6.73. The van der Waals surface area contributed by atoms with Crippen molar-refractivity contribution in [3.8, 4) is 0 Å². The van der Waals surface area contributed by atoms with Crippen LogP contribution in [-0.2, 0) is 6.18 Å². The van der Waals surface area contributed by atoms with Gasteiger partial charge >= 0.3 is 12.1 Å². The van der Waals surface area contributed by atoms with Crippen LogP contribution in [0, 0.1) is 5.82 Å². The van der Waals surface area contributed by atoms with E-state index in [2.05, 4.69) is 0 Å². The highest BCUT2D eigenvalue weighted by atomic mass is 19.4. The lowest BCUT2D eigenvalue weighted by molar-refractivity contribution is -0.137. The van der Waals surface area contributed by atoms with Gasteiger partial charge in [-0.2, -0.15) is 13.2 Å². The van der Waals surface area contributed by atoms with Crippen molar-refractivity contribution in [3.05, 3.63) is 29.1 Å². The third kappa shape index (κ3) is 2.17. The van der Waals surface area contributed by atoms with Crippen LogP contribution in [0.4, 0.5) is 23.2 Å². The summed E-state index contributed by atoms with van der Waals surface area (Å²) in [5.74, 6) is -3.01. The van der Waals surface area contributed by atoms with Gasteiger partial charge in [0.1, 0.15) is 5.82 Å². The molecular weight excluding hydrogens is 218 g/mol. The zero-order valence-electron chi connectivity index (χ0n) is 7.10. The molecule has 0 aliphatic carbocycles. The molecule has 0 aromatic heterocycles. The summed E-state index contributed by atoms with van der Waals surface area (Å²) in [6, 6.07) is 0.705. The highest BCUT2D eigenvalue weighted by Gasteiger charge is 2.38. The summed E-state index contributed by atoms with van der Waals surface area (Å²) in [6.45, 7) is 0. The summed E-state index contributed by atoms with van der Waals surface area (Å²) < 4.78 is 49.7. The molecule has 1 aromatic carbocycles. The minimum atomic E-state index is -4.93. The van der Waals surface area contributed by atoms with Crippen LogP contribution in [0.5, 0.6) is 0 Å². The van der Waals surface area contributed by atoms with Crippen molar-refractivity contribution < 1.29 is 27.5 Å². The third-order valence-electron chi connectivity index (χ3n) is 1.65. The van der Waals surface area contributed by atoms with Gasteiger partial charge in [-0.25, -0.2) is 9.18 Å². The van der Waals surface area contributed by atoms with E-state index in [-0.39, 0.29) is 6.07 Å². The van der Waals surface area contributed by atoms with Crippen molar-refractivity contribution in [3.63, 3.8) is 0 Å². The van der Waals surface area contributed by atoms with Crippen LogP contribution >= 0.6 is 0 Å². The SMILES string of the molecule is Nc1cc(F)cc(C(=O)O)c1C(F)(F)F. The van der Waals surface area contributed by atoms with Crippen LogP contribution in [0.3, 0.4) is 0 Å². The van der Waals surface area contributed by atoms with Gasteiger partial charge in [-0.15, -0.1) is 0 Å². The fraction of sp³-hybridized carbons (Fsp3) is 0.125. The van der Waals surface area contributed by atoms with Gasteiger partial charge < -0.3 is 10.8 Å². The monoisotopic (exact) mass is 223 g/mol. The molecule has 15 heavy (non-hydrogen) atoms. The van der Waals surface area contributed by atoms with E-state index in [1.165, 1.54) is 0 Å². The van der Waals surface area contributed by atoms with Gasteiger partial charge in [-0.3, -0.25) is 0 Å². The van der Waals surface area contributed by atoms with Gasteiger partial charge in [0.25, 0.3) is 0 Å². The zero-order valence-corrected chi connectivity index (χ0v) is 7.10. The quantitative estimate of drug-likeness (QED) is 0.566. The van der Waals surface area contributed by atoms with Gasteiger partial charge in [0.05, 0.1) is 11.1 Å². The van der Waals surface area contributed by atoms with Crippen molar-refractivity contribution in [1.82, 2.24) is 0 Å². The Morgan fingerprint density at radius 1 is 1.33 bits per heavy atom. The van der Waals surface area contributed by atoms with Gasteiger partial charge in [0.15, 0.2) is 0 Å². The maximum Gasteiger partial charge on any atom is 0.419 e. The number of halogens is 4. The summed E-state index contributed by atoms with van der Waals surface area (Å²) in [5, 5.41) is 8.46. The van der Waals surface area contributed by atoms with Crippen molar-refractivity contribution in [2.45, 2.75) is 6.18 Å². The van der Waals surface area contributed by atoms with Gasteiger partial charge in [0, 0.05) is 5.69 Å². The summed E-state index contributed by atoms with van der Waals surface area (Å²) in [7, 11) is 0.